The van der Waals surface area contributed by atoms with Crippen molar-refractivity contribution >= 4 is 28.9 Å². The van der Waals surface area contributed by atoms with Crippen molar-refractivity contribution < 1.29 is 14.3 Å². The Morgan fingerprint density at radius 2 is 1.50 bits per heavy atom. The van der Waals surface area contributed by atoms with Gasteiger partial charge in [-0.25, -0.2) is 0 Å². The van der Waals surface area contributed by atoms with Crippen LogP contribution in [0.5, 0.6) is 5.75 Å². The van der Waals surface area contributed by atoms with Crippen molar-refractivity contribution in [1.82, 2.24) is 0 Å². The number of anilines is 3. The molecule has 0 atom stereocenters. The molecule has 6 heteroatoms. The summed E-state index contributed by atoms with van der Waals surface area (Å²) in [5.74, 6) is 0.478. The molecule has 0 aliphatic rings. The zero-order valence-corrected chi connectivity index (χ0v) is 17.8. The lowest BCUT2D eigenvalue weighted by atomic mass is 10.1. The van der Waals surface area contributed by atoms with Gasteiger partial charge in [0.25, 0.3) is 0 Å². The fourth-order valence-corrected chi connectivity index (χ4v) is 3.01. The minimum atomic E-state index is -0.190. The van der Waals surface area contributed by atoms with Crippen LogP contribution in [-0.2, 0) is 16.0 Å². The molecule has 0 aliphatic heterocycles. The van der Waals surface area contributed by atoms with Crippen LogP contribution in [-0.4, -0.2) is 25.0 Å². The Labute approximate surface area is 188 Å². The number of carbonyl (C=O) groups excluding carboxylic acids is 2. The first-order valence-electron chi connectivity index (χ1n) is 10.4. The summed E-state index contributed by atoms with van der Waals surface area (Å²) < 4.78 is 5.44. The van der Waals surface area contributed by atoms with Gasteiger partial charge in [-0.05, 0) is 54.4 Å². The molecule has 0 aliphatic carbocycles. The second kappa shape index (κ2) is 12.0. The summed E-state index contributed by atoms with van der Waals surface area (Å²) >= 11 is 0. The van der Waals surface area contributed by atoms with E-state index in [4.69, 9.17) is 4.74 Å². The molecular weight excluding hydrogens is 402 g/mol. The average molecular weight is 430 g/mol. The van der Waals surface area contributed by atoms with Gasteiger partial charge in [-0.3, -0.25) is 9.59 Å². The van der Waals surface area contributed by atoms with Crippen molar-refractivity contribution in [2.24, 2.45) is 0 Å². The van der Waals surface area contributed by atoms with Crippen LogP contribution in [0.1, 0.15) is 12.0 Å². The first kappa shape index (κ1) is 22.6. The number of carbonyl (C=O) groups is 2. The van der Waals surface area contributed by atoms with Gasteiger partial charge in [0, 0.05) is 23.5 Å². The van der Waals surface area contributed by atoms with E-state index in [9.17, 15) is 9.59 Å². The van der Waals surface area contributed by atoms with Crippen LogP contribution in [0.4, 0.5) is 17.1 Å². The number of ether oxygens (including phenoxy) is 1. The second-order valence-corrected chi connectivity index (χ2v) is 7.14. The van der Waals surface area contributed by atoms with E-state index < -0.39 is 0 Å². The highest BCUT2D eigenvalue weighted by molar-refractivity contribution is 5.95. The van der Waals surface area contributed by atoms with Crippen molar-refractivity contribution in [3.63, 3.8) is 0 Å². The summed E-state index contributed by atoms with van der Waals surface area (Å²) in [7, 11) is 0. The van der Waals surface area contributed by atoms with Gasteiger partial charge in [0.15, 0.2) is 0 Å². The van der Waals surface area contributed by atoms with Gasteiger partial charge in [0.05, 0.1) is 6.54 Å². The maximum atomic E-state index is 12.3. The molecule has 3 N–H and O–H groups in total. The lowest BCUT2D eigenvalue weighted by Crippen LogP contribution is -2.21. The standard InChI is InChI=1S/C26H27N3O3/c1-2-17-32-24-14-12-21(13-15-24)27-19-26(31)29-23-10-6-9-22(18-23)28-25(30)16-11-20-7-4-3-5-8-20/h2-10,12-15,18,27H,1,11,16-17,19H2,(H,28,30)(H,29,31). The van der Waals surface area contributed by atoms with Crippen LogP contribution < -0.4 is 20.7 Å². The molecule has 0 radical (unpaired) electrons. The van der Waals surface area contributed by atoms with Gasteiger partial charge in [0.1, 0.15) is 12.4 Å². The van der Waals surface area contributed by atoms with E-state index in [1.54, 1.807) is 30.3 Å². The zero-order valence-electron chi connectivity index (χ0n) is 17.8. The maximum Gasteiger partial charge on any atom is 0.243 e. The van der Waals surface area contributed by atoms with Crippen LogP contribution >= 0.6 is 0 Å². The van der Waals surface area contributed by atoms with Gasteiger partial charge < -0.3 is 20.7 Å². The molecule has 0 spiro atoms. The zero-order chi connectivity index (χ0) is 22.6. The molecule has 0 heterocycles. The molecule has 0 saturated heterocycles. The fraction of sp³-hybridized carbons (Fsp3) is 0.154. The van der Waals surface area contributed by atoms with Gasteiger partial charge in [-0.1, -0.05) is 49.1 Å². The van der Waals surface area contributed by atoms with Crippen molar-refractivity contribution in [3.05, 3.63) is 97.1 Å². The molecule has 0 bridgehead atoms. The predicted molar refractivity (Wildman–Crippen MR) is 129 cm³/mol. The summed E-state index contributed by atoms with van der Waals surface area (Å²) in [5, 5.41) is 8.78. The van der Waals surface area contributed by atoms with E-state index in [-0.39, 0.29) is 18.4 Å². The summed E-state index contributed by atoms with van der Waals surface area (Å²) in [6.07, 6.45) is 2.75. The largest absolute Gasteiger partial charge is 0.490 e. The van der Waals surface area contributed by atoms with E-state index >= 15 is 0 Å². The van der Waals surface area contributed by atoms with Crippen molar-refractivity contribution in [2.75, 3.05) is 29.1 Å². The third-order valence-electron chi connectivity index (χ3n) is 4.59. The van der Waals surface area contributed by atoms with Crippen molar-refractivity contribution in [2.45, 2.75) is 12.8 Å². The molecule has 3 rings (SSSR count). The number of hydrogen-bond donors (Lipinski definition) is 3. The summed E-state index contributed by atoms with van der Waals surface area (Å²) in [6.45, 7) is 4.17. The highest BCUT2D eigenvalue weighted by atomic mass is 16.5. The average Bonchev–Trinajstić information content (AvgIpc) is 2.82. The van der Waals surface area contributed by atoms with E-state index in [1.165, 1.54) is 0 Å². The molecule has 0 fully saturated rings. The number of benzene rings is 3. The van der Waals surface area contributed by atoms with Gasteiger partial charge in [-0.15, -0.1) is 0 Å². The third kappa shape index (κ3) is 7.65. The lowest BCUT2D eigenvalue weighted by Gasteiger charge is -2.11. The van der Waals surface area contributed by atoms with Crippen molar-refractivity contribution in [1.29, 1.82) is 0 Å². The van der Waals surface area contributed by atoms with Crippen LogP contribution in [0.2, 0.25) is 0 Å². The minimum absolute atomic E-state index is 0.0699. The van der Waals surface area contributed by atoms with E-state index in [2.05, 4.69) is 22.5 Å². The molecule has 3 aromatic carbocycles. The molecule has 0 unspecified atom stereocenters. The molecule has 0 saturated carbocycles. The minimum Gasteiger partial charge on any atom is -0.490 e. The Morgan fingerprint density at radius 1 is 0.812 bits per heavy atom. The van der Waals surface area contributed by atoms with Gasteiger partial charge in [0.2, 0.25) is 11.8 Å². The Kier molecular flexibility index (Phi) is 8.45. The smallest absolute Gasteiger partial charge is 0.243 e. The van der Waals surface area contributed by atoms with Crippen LogP contribution in [0.3, 0.4) is 0 Å². The van der Waals surface area contributed by atoms with E-state index in [0.29, 0.717) is 30.8 Å². The Morgan fingerprint density at radius 3 is 2.19 bits per heavy atom. The Balaban J connectivity index is 1.44. The number of aryl methyl sites for hydroxylation is 1. The summed E-state index contributed by atoms with van der Waals surface area (Å²) in [4.78, 5) is 24.5. The molecule has 3 aromatic rings. The van der Waals surface area contributed by atoms with Gasteiger partial charge in [-0.2, -0.15) is 0 Å². The highest BCUT2D eigenvalue weighted by Crippen LogP contribution is 2.17. The first-order valence-corrected chi connectivity index (χ1v) is 10.4. The quantitative estimate of drug-likeness (QED) is 0.380. The fourth-order valence-electron chi connectivity index (χ4n) is 3.01. The van der Waals surface area contributed by atoms with Gasteiger partial charge >= 0.3 is 0 Å². The summed E-state index contributed by atoms with van der Waals surface area (Å²) in [5.41, 5.74) is 3.19. The highest BCUT2D eigenvalue weighted by Gasteiger charge is 2.06. The number of amides is 2. The second-order valence-electron chi connectivity index (χ2n) is 7.14. The maximum absolute atomic E-state index is 12.3. The molecule has 2 amide bonds. The Bertz CT molecular complexity index is 1030. The number of nitrogens with one attached hydrogen (secondary N) is 3. The molecular formula is C26H27N3O3. The first-order chi connectivity index (χ1) is 15.6. The summed E-state index contributed by atoms with van der Waals surface area (Å²) in [6, 6.07) is 24.3. The SMILES string of the molecule is C=CCOc1ccc(NCC(=O)Nc2cccc(NC(=O)CCc3ccccc3)c2)cc1. The molecule has 32 heavy (non-hydrogen) atoms. The van der Waals surface area contributed by atoms with Crippen molar-refractivity contribution in [3.8, 4) is 5.75 Å². The van der Waals surface area contributed by atoms with E-state index in [1.807, 2.05) is 54.6 Å². The normalized spacial score (nSPS) is 10.1. The topological polar surface area (TPSA) is 79.5 Å². The monoisotopic (exact) mass is 429 g/mol. The van der Waals surface area contributed by atoms with Crippen LogP contribution in [0.25, 0.3) is 0 Å². The van der Waals surface area contributed by atoms with Crippen LogP contribution in [0.15, 0.2) is 91.5 Å². The molecule has 6 nitrogen and oxygen atoms in total. The number of rotatable bonds is 11. The predicted octanol–water partition coefficient (Wildman–Crippen LogP) is 4.87. The number of hydrogen-bond acceptors (Lipinski definition) is 4. The third-order valence-corrected chi connectivity index (χ3v) is 4.59. The Hall–Kier alpha value is -4.06. The van der Waals surface area contributed by atoms with Crippen LogP contribution in [0, 0.1) is 0 Å². The molecule has 0 aromatic heterocycles. The lowest BCUT2D eigenvalue weighted by molar-refractivity contribution is -0.116. The molecule has 164 valence electrons. The van der Waals surface area contributed by atoms with E-state index in [0.717, 1.165) is 17.0 Å².